The van der Waals surface area contributed by atoms with Crippen molar-refractivity contribution in [3.05, 3.63) is 54.6 Å². The highest BCUT2D eigenvalue weighted by atomic mass is 16.5. The van der Waals surface area contributed by atoms with Crippen LogP contribution >= 0.6 is 0 Å². The van der Waals surface area contributed by atoms with Gasteiger partial charge in [-0.15, -0.1) is 0 Å². The molecule has 1 aromatic carbocycles. The van der Waals surface area contributed by atoms with E-state index in [0.29, 0.717) is 12.4 Å². The molecule has 0 aliphatic carbocycles. The van der Waals surface area contributed by atoms with Crippen molar-refractivity contribution in [1.29, 1.82) is 0 Å². The Balaban J connectivity index is 2.85. The highest BCUT2D eigenvalue weighted by molar-refractivity contribution is 5.83. The monoisotopic (exact) mass is 372 g/mol. The van der Waals surface area contributed by atoms with Gasteiger partial charge in [-0.25, -0.2) is 0 Å². The molecule has 4 atom stereocenters. The average molecular weight is 373 g/mol. The van der Waals surface area contributed by atoms with Crippen molar-refractivity contribution >= 4 is 5.78 Å². The number of ether oxygens (including phenoxy) is 2. The second-order valence-electron chi connectivity index (χ2n) is 7.34. The Labute approximate surface area is 165 Å². The second-order valence-corrected chi connectivity index (χ2v) is 7.34. The molecule has 1 rings (SSSR count). The first kappa shape index (κ1) is 23.2. The number of rotatable bonds is 13. The summed E-state index contributed by atoms with van der Waals surface area (Å²) in [7, 11) is 1.65. The van der Waals surface area contributed by atoms with Crippen LogP contribution in [0.3, 0.4) is 0 Å². The van der Waals surface area contributed by atoms with Crippen LogP contribution in [0.15, 0.2) is 49.1 Å². The third-order valence-corrected chi connectivity index (χ3v) is 5.09. The molecule has 0 unspecified atom stereocenters. The van der Waals surface area contributed by atoms with Crippen molar-refractivity contribution in [2.45, 2.75) is 59.7 Å². The normalized spacial score (nSPS) is 15.9. The van der Waals surface area contributed by atoms with Gasteiger partial charge in [-0.3, -0.25) is 4.79 Å². The maximum atomic E-state index is 12.9. The van der Waals surface area contributed by atoms with E-state index in [9.17, 15) is 4.79 Å². The lowest BCUT2D eigenvalue weighted by Gasteiger charge is -2.29. The van der Waals surface area contributed by atoms with Crippen molar-refractivity contribution in [1.82, 2.24) is 0 Å². The van der Waals surface area contributed by atoms with E-state index in [0.717, 1.165) is 30.6 Å². The predicted molar refractivity (Wildman–Crippen MR) is 113 cm³/mol. The van der Waals surface area contributed by atoms with Gasteiger partial charge in [0.1, 0.15) is 11.5 Å². The van der Waals surface area contributed by atoms with Crippen LogP contribution in [-0.2, 0) is 16.1 Å². The van der Waals surface area contributed by atoms with Crippen LogP contribution in [0, 0.1) is 17.8 Å². The van der Waals surface area contributed by atoms with Gasteiger partial charge in [0.2, 0.25) is 0 Å². The number of benzene rings is 1. The first-order valence-electron chi connectivity index (χ1n) is 10.0. The van der Waals surface area contributed by atoms with E-state index in [4.69, 9.17) is 9.47 Å². The van der Waals surface area contributed by atoms with E-state index in [1.165, 1.54) is 0 Å². The van der Waals surface area contributed by atoms with E-state index in [1.54, 1.807) is 13.2 Å². The van der Waals surface area contributed by atoms with Crippen LogP contribution in [0.1, 0.15) is 52.5 Å². The molecule has 0 radical (unpaired) electrons. The largest absolute Gasteiger partial charge is 0.497 e. The molecule has 1 aromatic rings. The molecule has 150 valence electrons. The van der Waals surface area contributed by atoms with Crippen LogP contribution in [0.25, 0.3) is 0 Å². The van der Waals surface area contributed by atoms with Gasteiger partial charge in [-0.1, -0.05) is 77.5 Å². The zero-order valence-electron chi connectivity index (χ0n) is 17.6. The van der Waals surface area contributed by atoms with Crippen molar-refractivity contribution in [3.8, 4) is 5.75 Å². The highest BCUT2D eigenvalue weighted by Gasteiger charge is 2.30. The highest BCUT2D eigenvalue weighted by Crippen LogP contribution is 2.25. The number of carbonyl (C=O) groups is 1. The van der Waals surface area contributed by atoms with Gasteiger partial charge in [0, 0.05) is 17.8 Å². The first-order valence-corrected chi connectivity index (χ1v) is 10.0. The summed E-state index contributed by atoms with van der Waals surface area (Å²) < 4.78 is 11.5. The van der Waals surface area contributed by atoms with E-state index in [2.05, 4.69) is 26.5 Å². The number of methoxy groups -OCH3 is 1. The molecule has 0 aliphatic heterocycles. The second kappa shape index (κ2) is 12.5. The summed E-state index contributed by atoms with van der Waals surface area (Å²) in [6, 6.07) is 7.85. The Kier molecular flexibility index (Phi) is 10.7. The minimum Gasteiger partial charge on any atom is -0.497 e. The maximum Gasteiger partial charge on any atom is 0.141 e. The molecular formula is C24H36O3. The molecule has 27 heavy (non-hydrogen) atoms. The molecule has 0 bridgehead atoms. The third kappa shape index (κ3) is 7.72. The lowest BCUT2D eigenvalue weighted by Crippen LogP contribution is -2.35. The minimum absolute atomic E-state index is 0.0719. The molecule has 0 N–H and O–H groups in total. The van der Waals surface area contributed by atoms with Crippen LogP contribution in [0.2, 0.25) is 0 Å². The van der Waals surface area contributed by atoms with Crippen molar-refractivity contribution in [2.75, 3.05) is 7.11 Å². The fraction of sp³-hybridized carbons (Fsp3) is 0.542. The number of unbranched alkanes of at least 4 members (excludes halogenated alkanes) is 1. The molecule has 0 amide bonds. The summed E-state index contributed by atoms with van der Waals surface area (Å²) in [5.41, 5.74) is 1.07. The van der Waals surface area contributed by atoms with Gasteiger partial charge in [-0.2, -0.15) is 0 Å². The van der Waals surface area contributed by atoms with Crippen molar-refractivity contribution in [2.24, 2.45) is 17.8 Å². The quantitative estimate of drug-likeness (QED) is 0.399. The third-order valence-electron chi connectivity index (χ3n) is 5.09. The fourth-order valence-corrected chi connectivity index (χ4v) is 3.29. The summed E-state index contributed by atoms with van der Waals surface area (Å²) in [6.07, 6.45) is 8.72. The Morgan fingerprint density at radius 3 is 2.41 bits per heavy atom. The van der Waals surface area contributed by atoms with E-state index in [-0.39, 0.29) is 23.9 Å². The molecule has 0 saturated heterocycles. The minimum atomic E-state index is -0.167. The van der Waals surface area contributed by atoms with Crippen LogP contribution in [0.4, 0.5) is 0 Å². The number of Topliss-reactive ketones (excluding diaryl/α,β-unsaturated/α-hetero) is 1. The number of carbonyl (C=O) groups excluding carboxylic acids is 1. The summed E-state index contributed by atoms with van der Waals surface area (Å²) in [6.45, 7) is 12.5. The van der Waals surface area contributed by atoms with Crippen LogP contribution in [0.5, 0.6) is 5.75 Å². The standard InChI is InChI=1S/C24H36O3/c1-7-9-11-18(3)23(25)20(5)24(19(4)12-10-8-2)27-17-21-13-15-22(26-6)16-14-21/h8,10,12-16,18-20,24H,2,7,9,11,17H2,1,3-6H3/b12-10-/t18-,19-,20-,24-/m1/s1. The number of hydrogen-bond donors (Lipinski definition) is 0. The lowest BCUT2D eigenvalue weighted by atomic mass is 9.83. The smallest absolute Gasteiger partial charge is 0.141 e. The first-order chi connectivity index (χ1) is 12.9. The van der Waals surface area contributed by atoms with E-state index >= 15 is 0 Å². The average Bonchev–Trinajstić information content (AvgIpc) is 2.70. The fourth-order valence-electron chi connectivity index (χ4n) is 3.29. The molecule has 0 aliphatic rings. The summed E-state index contributed by atoms with van der Waals surface area (Å²) in [5, 5.41) is 0. The predicted octanol–water partition coefficient (Wildman–Crippen LogP) is 5.99. The molecule has 3 nitrogen and oxygen atoms in total. The lowest BCUT2D eigenvalue weighted by molar-refractivity contribution is -0.133. The van der Waals surface area contributed by atoms with Crippen molar-refractivity contribution < 1.29 is 14.3 Å². The zero-order valence-corrected chi connectivity index (χ0v) is 17.6. The zero-order chi connectivity index (χ0) is 20.2. The molecule has 0 saturated carbocycles. The molecule has 0 heterocycles. The van der Waals surface area contributed by atoms with Gasteiger partial charge < -0.3 is 9.47 Å². The van der Waals surface area contributed by atoms with Gasteiger partial charge in [0.05, 0.1) is 19.8 Å². The number of ketones is 1. The molecule has 3 heteroatoms. The molecule has 0 fully saturated rings. The SMILES string of the molecule is C=C/C=C\[C@@H](C)[C@@H](OCc1ccc(OC)cc1)[C@H](C)C(=O)[C@H](C)CCCC. The number of hydrogen-bond acceptors (Lipinski definition) is 3. The number of allylic oxidation sites excluding steroid dienone is 2. The van der Waals surface area contributed by atoms with Gasteiger partial charge in [0.15, 0.2) is 0 Å². The van der Waals surface area contributed by atoms with Gasteiger partial charge in [0.25, 0.3) is 0 Å². The molecule has 0 aromatic heterocycles. The van der Waals surface area contributed by atoms with E-state index < -0.39 is 0 Å². The Bertz CT molecular complexity index is 588. The van der Waals surface area contributed by atoms with Gasteiger partial charge >= 0.3 is 0 Å². The van der Waals surface area contributed by atoms with E-state index in [1.807, 2.05) is 44.2 Å². The van der Waals surface area contributed by atoms with Crippen LogP contribution < -0.4 is 4.74 Å². The Hall–Kier alpha value is -1.87. The molecular weight excluding hydrogens is 336 g/mol. The Morgan fingerprint density at radius 1 is 1.19 bits per heavy atom. The maximum absolute atomic E-state index is 12.9. The molecule has 0 spiro atoms. The summed E-state index contributed by atoms with van der Waals surface area (Å²) >= 11 is 0. The topological polar surface area (TPSA) is 35.5 Å². The van der Waals surface area contributed by atoms with Gasteiger partial charge in [-0.05, 0) is 24.1 Å². The summed E-state index contributed by atoms with van der Waals surface area (Å²) in [4.78, 5) is 12.9. The van der Waals surface area contributed by atoms with Crippen LogP contribution in [-0.4, -0.2) is 19.0 Å². The Morgan fingerprint density at radius 2 is 1.85 bits per heavy atom. The van der Waals surface area contributed by atoms with Crippen molar-refractivity contribution in [3.63, 3.8) is 0 Å². The summed E-state index contributed by atoms with van der Waals surface area (Å²) in [5.74, 6) is 1.16.